The van der Waals surface area contributed by atoms with Gasteiger partial charge in [-0.3, -0.25) is 4.79 Å². The second-order valence-corrected chi connectivity index (χ2v) is 8.42. The van der Waals surface area contributed by atoms with Crippen molar-refractivity contribution >= 4 is 39.3 Å². The SMILES string of the molecule is CSCC[C@H](NS(=O)(=O)c1ccc(F)c(Cl)c1)C(=O)NC1CC1. The Labute approximate surface area is 144 Å². The zero-order chi connectivity index (χ0) is 17.0. The largest absolute Gasteiger partial charge is 0.352 e. The van der Waals surface area contributed by atoms with Crippen LogP contribution in [0.15, 0.2) is 23.1 Å². The first kappa shape index (κ1) is 18.5. The number of hydrogen-bond acceptors (Lipinski definition) is 4. The number of halogens is 2. The third kappa shape index (κ3) is 5.34. The van der Waals surface area contributed by atoms with Crippen LogP contribution in [0.3, 0.4) is 0 Å². The van der Waals surface area contributed by atoms with Crippen LogP contribution in [0.1, 0.15) is 19.3 Å². The molecule has 1 amide bonds. The molecule has 2 N–H and O–H groups in total. The summed E-state index contributed by atoms with van der Waals surface area (Å²) in [6.45, 7) is 0. The molecule has 1 atom stereocenters. The first-order valence-electron chi connectivity index (χ1n) is 7.10. The summed E-state index contributed by atoms with van der Waals surface area (Å²) in [7, 11) is -3.96. The number of rotatable bonds is 8. The van der Waals surface area contributed by atoms with Crippen molar-refractivity contribution in [1.29, 1.82) is 0 Å². The molecule has 23 heavy (non-hydrogen) atoms. The highest BCUT2D eigenvalue weighted by atomic mass is 35.5. The fourth-order valence-corrected chi connectivity index (χ4v) is 3.88. The highest BCUT2D eigenvalue weighted by Crippen LogP contribution is 2.21. The molecule has 0 unspecified atom stereocenters. The molecule has 1 aliphatic rings. The van der Waals surface area contributed by atoms with E-state index in [9.17, 15) is 17.6 Å². The van der Waals surface area contributed by atoms with Crippen molar-refractivity contribution in [1.82, 2.24) is 10.0 Å². The van der Waals surface area contributed by atoms with Gasteiger partial charge >= 0.3 is 0 Å². The second-order valence-electron chi connectivity index (χ2n) is 5.31. The Morgan fingerprint density at radius 2 is 2.17 bits per heavy atom. The van der Waals surface area contributed by atoms with Crippen LogP contribution in [-0.4, -0.2) is 38.4 Å². The summed E-state index contributed by atoms with van der Waals surface area (Å²) in [5.74, 6) is -0.399. The highest BCUT2D eigenvalue weighted by Gasteiger charge is 2.30. The number of carbonyl (C=O) groups is 1. The maximum Gasteiger partial charge on any atom is 0.241 e. The van der Waals surface area contributed by atoms with E-state index in [4.69, 9.17) is 11.6 Å². The summed E-state index contributed by atoms with van der Waals surface area (Å²) in [6.07, 6.45) is 4.08. The van der Waals surface area contributed by atoms with E-state index in [2.05, 4.69) is 10.0 Å². The van der Waals surface area contributed by atoms with Crippen LogP contribution in [0.4, 0.5) is 4.39 Å². The van der Waals surface area contributed by atoms with Gasteiger partial charge in [-0.25, -0.2) is 12.8 Å². The van der Waals surface area contributed by atoms with Gasteiger partial charge < -0.3 is 5.32 Å². The molecule has 0 aromatic heterocycles. The van der Waals surface area contributed by atoms with Crippen molar-refractivity contribution in [3.63, 3.8) is 0 Å². The van der Waals surface area contributed by atoms with Gasteiger partial charge in [-0.05, 0) is 49.5 Å². The molecule has 1 aliphatic carbocycles. The molecule has 0 radical (unpaired) electrons. The first-order chi connectivity index (χ1) is 10.8. The third-order valence-corrected chi connectivity index (χ3v) is 5.75. The lowest BCUT2D eigenvalue weighted by molar-refractivity contribution is -0.122. The van der Waals surface area contributed by atoms with Gasteiger partial charge in [0, 0.05) is 6.04 Å². The van der Waals surface area contributed by atoms with E-state index in [-0.39, 0.29) is 21.9 Å². The molecule has 1 aromatic rings. The minimum Gasteiger partial charge on any atom is -0.352 e. The molecule has 0 aliphatic heterocycles. The molecular weight excluding hydrogens is 363 g/mol. The number of sulfonamides is 1. The van der Waals surface area contributed by atoms with Gasteiger partial charge in [-0.1, -0.05) is 11.6 Å². The van der Waals surface area contributed by atoms with E-state index in [1.54, 1.807) is 0 Å². The van der Waals surface area contributed by atoms with E-state index < -0.39 is 21.9 Å². The van der Waals surface area contributed by atoms with Gasteiger partial charge in [0.05, 0.1) is 9.92 Å². The monoisotopic (exact) mass is 380 g/mol. The summed E-state index contributed by atoms with van der Waals surface area (Å²) in [6, 6.07) is 2.41. The third-order valence-electron chi connectivity index (χ3n) is 3.35. The summed E-state index contributed by atoms with van der Waals surface area (Å²) >= 11 is 7.15. The Balaban J connectivity index is 2.14. The molecule has 128 valence electrons. The second kappa shape index (κ2) is 7.83. The maximum atomic E-state index is 13.2. The summed E-state index contributed by atoms with van der Waals surface area (Å²) in [5.41, 5.74) is 0. The van der Waals surface area contributed by atoms with Crippen LogP contribution in [0.25, 0.3) is 0 Å². The van der Waals surface area contributed by atoms with E-state index in [1.807, 2.05) is 6.26 Å². The Bertz CT molecular complexity index is 681. The normalized spacial score (nSPS) is 16.1. The number of nitrogens with one attached hydrogen (secondary N) is 2. The quantitative estimate of drug-likeness (QED) is 0.724. The molecular formula is C14H18ClFN2O3S2. The van der Waals surface area contributed by atoms with Gasteiger partial charge in [-0.15, -0.1) is 0 Å². The molecule has 0 saturated heterocycles. The lowest BCUT2D eigenvalue weighted by Crippen LogP contribution is -2.47. The minimum atomic E-state index is -3.96. The fourth-order valence-electron chi connectivity index (χ4n) is 1.91. The van der Waals surface area contributed by atoms with Crippen LogP contribution < -0.4 is 10.0 Å². The van der Waals surface area contributed by atoms with Gasteiger partial charge in [0.25, 0.3) is 0 Å². The standard InChI is InChI=1S/C14H18ClFN2O3S2/c1-22-7-6-13(14(19)17-9-2-3-9)18-23(20,21)10-4-5-12(16)11(15)8-10/h4-5,8-9,13,18H,2-3,6-7H2,1H3,(H,17,19)/t13-/m0/s1. The lowest BCUT2D eigenvalue weighted by atomic mass is 10.2. The fraction of sp³-hybridized carbons (Fsp3) is 0.500. The summed E-state index contributed by atoms with van der Waals surface area (Å²) < 4.78 is 40.4. The topological polar surface area (TPSA) is 75.3 Å². The van der Waals surface area contributed by atoms with Crippen molar-refractivity contribution in [2.45, 2.75) is 36.2 Å². The molecule has 0 spiro atoms. The van der Waals surface area contributed by atoms with Gasteiger partial charge in [0.2, 0.25) is 15.9 Å². The van der Waals surface area contributed by atoms with E-state index >= 15 is 0 Å². The molecule has 0 bridgehead atoms. The van der Waals surface area contributed by atoms with Gasteiger partial charge in [0.15, 0.2) is 0 Å². The number of thioether (sulfide) groups is 1. The average Bonchev–Trinajstić information content (AvgIpc) is 3.30. The first-order valence-corrected chi connectivity index (χ1v) is 10.4. The molecule has 2 rings (SSSR count). The zero-order valence-electron chi connectivity index (χ0n) is 12.5. The molecule has 0 heterocycles. The molecule has 5 nitrogen and oxygen atoms in total. The van der Waals surface area contributed by atoms with Crippen LogP contribution in [-0.2, 0) is 14.8 Å². The van der Waals surface area contributed by atoms with Crippen molar-refractivity contribution < 1.29 is 17.6 Å². The lowest BCUT2D eigenvalue weighted by Gasteiger charge is -2.18. The van der Waals surface area contributed by atoms with Crippen molar-refractivity contribution in [2.24, 2.45) is 0 Å². The van der Waals surface area contributed by atoms with Crippen LogP contribution >= 0.6 is 23.4 Å². The Hall–Kier alpha value is -0.830. The molecule has 1 saturated carbocycles. The summed E-state index contributed by atoms with van der Waals surface area (Å²) in [5, 5.41) is 2.51. The Morgan fingerprint density at radius 3 is 2.74 bits per heavy atom. The molecule has 1 aromatic carbocycles. The highest BCUT2D eigenvalue weighted by molar-refractivity contribution is 7.98. The smallest absolute Gasteiger partial charge is 0.241 e. The Kier molecular flexibility index (Phi) is 6.30. The summed E-state index contributed by atoms with van der Waals surface area (Å²) in [4.78, 5) is 12.0. The van der Waals surface area contributed by atoms with E-state index in [0.29, 0.717) is 12.2 Å². The van der Waals surface area contributed by atoms with E-state index in [1.165, 1.54) is 11.8 Å². The number of amides is 1. The number of carbonyl (C=O) groups excluding carboxylic acids is 1. The molecule has 1 fully saturated rings. The van der Waals surface area contributed by atoms with Gasteiger partial charge in [-0.2, -0.15) is 16.5 Å². The van der Waals surface area contributed by atoms with Crippen molar-refractivity contribution in [3.8, 4) is 0 Å². The number of hydrogen-bond donors (Lipinski definition) is 2. The van der Waals surface area contributed by atoms with Gasteiger partial charge in [0.1, 0.15) is 11.9 Å². The van der Waals surface area contributed by atoms with Crippen LogP contribution in [0.5, 0.6) is 0 Å². The van der Waals surface area contributed by atoms with Crippen LogP contribution in [0, 0.1) is 5.82 Å². The zero-order valence-corrected chi connectivity index (χ0v) is 14.9. The molecule has 9 heteroatoms. The predicted octanol–water partition coefficient (Wildman–Crippen LogP) is 2.16. The average molecular weight is 381 g/mol. The van der Waals surface area contributed by atoms with Crippen molar-refractivity contribution in [2.75, 3.05) is 12.0 Å². The minimum absolute atomic E-state index is 0.143. The van der Waals surface area contributed by atoms with Crippen LogP contribution in [0.2, 0.25) is 5.02 Å². The maximum absolute atomic E-state index is 13.2. The predicted molar refractivity (Wildman–Crippen MR) is 89.7 cm³/mol. The Morgan fingerprint density at radius 1 is 1.48 bits per heavy atom. The van der Waals surface area contributed by atoms with Crippen molar-refractivity contribution in [3.05, 3.63) is 29.0 Å². The number of benzene rings is 1. The van der Waals surface area contributed by atoms with E-state index in [0.717, 1.165) is 31.0 Å².